The number of hydrogen-bond acceptors (Lipinski definition) is 2. The minimum Gasteiger partial charge on any atom is -0.445 e. The van der Waals surface area contributed by atoms with Crippen LogP contribution in [0.3, 0.4) is 0 Å². The first-order valence-electron chi connectivity index (χ1n) is 7.90. The van der Waals surface area contributed by atoms with E-state index in [0.717, 1.165) is 24.8 Å². The molecule has 2 aromatic carbocycles. The lowest BCUT2D eigenvalue weighted by atomic mass is 10.0. The highest BCUT2D eigenvalue weighted by atomic mass is 16.5. The monoisotopic (exact) mass is 309 g/mol. The van der Waals surface area contributed by atoms with E-state index in [4.69, 9.17) is 4.74 Å². The average molecular weight is 309 g/mol. The van der Waals surface area contributed by atoms with Gasteiger partial charge in [-0.2, -0.15) is 0 Å². The van der Waals surface area contributed by atoms with Gasteiger partial charge in [0.25, 0.3) is 0 Å². The number of ether oxygens (including phenoxy) is 1. The van der Waals surface area contributed by atoms with E-state index in [1.165, 1.54) is 5.56 Å². The predicted molar refractivity (Wildman–Crippen MR) is 93.1 cm³/mol. The number of aryl methyl sites for hydroxylation is 1. The number of hydrogen-bond donors (Lipinski definition) is 1. The van der Waals surface area contributed by atoms with Crippen molar-refractivity contribution in [1.29, 1.82) is 0 Å². The van der Waals surface area contributed by atoms with Gasteiger partial charge in [0.2, 0.25) is 0 Å². The van der Waals surface area contributed by atoms with Crippen molar-refractivity contribution in [1.82, 2.24) is 5.32 Å². The number of nitrogens with one attached hydrogen (secondary N) is 1. The second kappa shape index (κ2) is 9.46. The SMILES string of the molecule is C=CCC(CCc1ccccc1)NC(=O)OCc1ccccc1. The first-order valence-corrected chi connectivity index (χ1v) is 7.90. The second-order valence-corrected chi connectivity index (χ2v) is 5.45. The number of rotatable bonds is 8. The van der Waals surface area contributed by atoms with Crippen LogP contribution in [0.15, 0.2) is 73.3 Å². The zero-order chi connectivity index (χ0) is 16.3. The summed E-state index contributed by atoms with van der Waals surface area (Å²) in [5.41, 5.74) is 2.24. The Morgan fingerprint density at radius 1 is 1.04 bits per heavy atom. The summed E-state index contributed by atoms with van der Waals surface area (Å²) in [6.07, 6.45) is 3.95. The molecule has 0 saturated carbocycles. The quantitative estimate of drug-likeness (QED) is 0.730. The molecule has 0 fully saturated rings. The van der Waals surface area contributed by atoms with E-state index in [-0.39, 0.29) is 18.7 Å². The summed E-state index contributed by atoms with van der Waals surface area (Å²) in [6.45, 7) is 4.05. The lowest BCUT2D eigenvalue weighted by Gasteiger charge is -2.17. The topological polar surface area (TPSA) is 38.3 Å². The molecule has 1 unspecified atom stereocenters. The summed E-state index contributed by atoms with van der Waals surface area (Å²) >= 11 is 0. The fraction of sp³-hybridized carbons (Fsp3) is 0.250. The molecule has 3 nitrogen and oxygen atoms in total. The van der Waals surface area contributed by atoms with Crippen LogP contribution in [-0.4, -0.2) is 12.1 Å². The van der Waals surface area contributed by atoms with Crippen LogP contribution in [-0.2, 0) is 17.8 Å². The van der Waals surface area contributed by atoms with Gasteiger partial charge in [0.1, 0.15) is 6.61 Å². The normalized spacial score (nSPS) is 11.5. The number of benzene rings is 2. The van der Waals surface area contributed by atoms with Crippen LogP contribution in [0.5, 0.6) is 0 Å². The largest absolute Gasteiger partial charge is 0.445 e. The van der Waals surface area contributed by atoms with E-state index in [0.29, 0.717) is 0 Å². The van der Waals surface area contributed by atoms with Crippen LogP contribution in [0.25, 0.3) is 0 Å². The van der Waals surface area contributed by atoms with Crippen LogP contribution in [0.4, 0.5) is 4.79 Å². The standard InChI is InChI=1S/C20H23NO2/c1-2-9-19(15-14-17-10-5-3-6-11-17)21-20(22)23-16-18-12-7-4-8-13-18/h2-8,10-13,19H,1,9,14-16H2,(H,21,22). The highest BCUT2D eigenvalue weighted by molar-refractivity contribution is 5.67. The Bertz CT molecular complexity index is 596. The predicted octanol–water partition coefficient (Wildman–Crippen LogP) is 4.49. The molecule has 120 valence electrons. The minimum absolute atomic E-state index is 0.0379. The lowest BCUT2D eigenvalue weighted by Crippen LogP contribution is -2.35. The molecule has 1 N–H and O–H groups in total. The van der Waals surface area contributed by atoms with Crippen molar-refractivity contribution in [3.05, 3.63) is 84.4 Å². The number of carbonyl (C=O) groups excluding carboxylic acids is 1. The van der Waals surface area contributed by atoms with Crippen LogP contribution in [0.1, 0.15) is 24.0 Å². The minimum atomic E-state index is -0.381. The van der Waals surface area contributed by atoms with Crippen LogP contribution in [0.2, 0.25) is 0 Å². The zero-order valence-electron chi connectivity index (χ0n) is 13.3. The van der Waals surface area contributed by atoms with Crippen molar-refractivity contribution >= 4 is 6.09 Å². The van der Waals surface area contributed by atoms with Crippen molar-refractivity contribution < 1.29 is 9.53 Å². The smallest absolute Gasteiger partial charge is 0.407 e. The Kier molecular flexibility index (Phi) is 6.92. The third-order valence-electron chi connectivity index (χ3n) is 3.61. The Morgan fingerprint density at radius 3 is 2.26 bits per heavy atom. The van der Waals surface area contributed by atoms with Gasteiger partial charge < -0.3 is 10.1 Å². The maximum Gasteiger partial charge on any atom is 0.407 e. The first-order chi connectivity index (χ1) is 11.3. The first kappa shape index (κ1) is 16.8. The van der Waals surface area contributed by atoms with Gasteiger partial charge >= 0.3 is 6.09 Å². The molecular weight excluding hydrogens is 286 g/mol. The molecule has 0 spiro atoms. The second-order valence-electron chi connectivity index (χ2n) is 5.45. The molecule has 0 radical (unpaired) electrons. The van der Waals surface area contributed by atoms with Crippen LogP contribution >= 0.6 is 0 Å². The molecule has 1 atom stereocenters. The Labute approximate surface area is 138 Å². The third-order valence-corrected chi connectivity index (χ3v) is 3.61. The van der Waals surface area contributed by atoms with Gasteiger partial charge in [-0.15, -0.1) is 6.58 Å². The summed E-state index contributed by atoms with van der Waals surface area (Å²) in [5, 5.41) is 2.93. The fourth-order valence-corrected chi connectivity index (χ4v) is 2.37. The van der Waals surface area contributed by atoms with Gasteiger partial charge in [-0.1, -0.05) is 66.7 Å². The molecular formula is C20H23NO2. The summed E-state index contributed by atoms with van der Waals surface area (Å²) in [7, 11) is 0. The molecule has 0 bridgehead atoms. The highest BCUT2D eigenvalue weighted by Crippen LogP contribution is 2.08. The molecule has 0 aliphatic heterocycles. The maximum atomic E-state index is 11.9. The van der Waals surface area contributed by atoms with Gasteiger partial charge in [0, 0.05) is 6.04 Å². The van der Waals surface area contributed by atoms with Crippen molar-refractivity contribution in [3.8, 4) is 0 Å². The van der Waals surface area contributed by atoms with Crippen molar-refractivity contribution in [2.45, 2.75) is 31.9 Å². The molecule has 0 aromatic heterocycles. The van der Waals surface area contributed by atoms with E-state index < -0.39 is 0 Å². The van der Waals surface area contributed by atoms with Crippen molar-refractivity contribution in [2.24, 2.45) is 0 Å². The highest BCUT2D eigenvalue weighted by Gasteiger charge is 2.12. The van der Waals surface area contributed by atoms with Gasteiger partial charge in [-0.05, 0) is 30.4 Å². The zero-order valence-corrected chi connectivity index (χ0v) is 13.3. The van der Waals surface area contributed by atoms with Gasteiger partial charge in [0.15, 0.2) is 0 Å². The summed E-state index contributed by atoms with van der Waals surface area (Å²) in [6, 6.07) is 19.9. The van der Waals surface area contributed by atoms with Crippen LogP contribution < -0.4 is 5.32 Å². The summed E-state index contributed by atoms with van der Waals surface area (Å²) in [4.78, 5) is 11.9. The lowest BCUT2D eigenvalue weighted by molar-refractivity contribution is 0.135. The number of amides is 1. The fourth-order valence-electron chi connectivity index (χ4n) is 2.37. The van der Waals surface area contributed by atoms with E-state index in [9.17, 15) is 4.79 Å². The van der Waals surface area contributed by atoms with E-state index in [1.807, 2.05) is 54.6 Å². The molecule has 23 heavy (non-hydrogen) atoms. The molecule has 0 saturated heterocycles. The Balaban J connectivity index is 1.78. The summed E-state index contributed by atoms with van der Waals surface area (Å²) in [5.74, 6) is 0. The van der Waals surface area contributed by atoms with Crippen molar-refractivity contribution in [2.75, 3.05) is 0 Å². The molecule has 0 aliphatic rings. The van der Waals surface area contributed by atoms with Gasteiger partial charge in [-0.3, -0.25) is 0 Å². The molecule has 3 heteroatoms. The van der Waals surface area contributed by atoms with E-state index in [1.54, 1.807) is 0 Å². The van der Waals surface area contributed by atoms with Gasteiger partial charge in [-0.25, -0.2) is 4.79 Å². The number of alkyl carbamates (subject to hydrolysis) is 1. The summed E-state index contributed by atoms with van der Waals surface area (Å²) < 4.78 is 5.27. The van der Waals surface area contributed by atoms with Crippen LogP contribution in [0, 0.1) is 0 Å². The van der Waals surface area contributed by atoms with Crippen molar-refractivity contribution in [3.63, 3.8) is 0 Å². The molecule has 0 aliphatic carbocycles. The maximum absolute atomic E-state index is 11.9. The van der Waals surface area contributed by atoms with E-state index in [2.05, 4.69) is 24.0 Å². The van der Waals surface area contributed by atoms with E-state index >= 15 is 0 Å². The third kappa shape index (κ3) is 6.39. The van der Waals surface area contributed by atoms with Gasteiger partial charge in [0.05, 0.1) is 0 Å². The molecule has 1 amide bonds. The average Bonchev–Trinajstić information content (AvgIpc) is 2.60. The Morgan fingerprint density at radius 2 is 1.65 bits per heavy atom. The number of carbonyl (C=O) groups is 1. The molecule has 0 heterocycles. The Hall–Kier alpha value is -2.55. The molecule has 2 rings (SSSR count). The molecule has 2 aromatic rings.